The van der Waals surface area contributed by atoms with Crippen molar-refractivity contribution in [3.63, 3.8) is 0 Å². The second-order valence-electron chi connectivity index (χ2n) is 6.63. The molecule has 27 heavy (non-hydrogen) atoms. The average molecular weight is 506 g/mol. The van der Waals surface area contributed by atoms with E-state index in [1.165, 1.54) is 4.90 Å². The summed E-state index contributed by atoms with van der Waals surface area (Å²) in [5.74, 6) is 2.24. The highest BCUT2D eigenvalue weighted by atomic mass is 127. The fourth-order valence-corrected chi connectivity index (χ4v) is 3.43. The number of hydrogen-bond acceptors (Lipinski definition) is 4. The molecule has 0 bridgehead atoms. The van der Waals surface area contributed by atoms with Crippen LogP contribution in [0.25, 0.3) is 0 Å². The molecule has 1 aliphatic rings. The van der Waals surface area contributed by atoms with E-state index in [4.69, 9.17) is 4.74 Å². The van der Waals surface area contributed by atoms with Crippen LogP contribution in [0, 0.1) is 5.92 Å². The summed E-state index contributed by atoms with van der Waals surface area (Å²) in [5.41, 5.74) is 0. The molecule has 0 aromatic heterocycles. The number of hydrogen-bond donors (Lipinski definition) is 1. The van der Waals surface area contributed by atoms with Crippen LogP contribution in [-0.2, 0) is 9.53 Å². The monoisotopic (exact) mass is 506 g/mol. The van der Waals surface area contributed by atoms with Crippen LogP contribution >= 0.6 is 35.7 Å². The normalized spacial score (nSPS) is 16.6. The zero-order valence-corrected chi connectivity index (χ0v) is 19.5. The van der Waals surface area contributed by atoms with E-state index < -0.39 is 0 Å². The second kappa shape index (κ2) is 13.2. The number of nitrogens with zero attached hydrogens (tertiary/aromatic N) is 3. The Bertz CT molecular complexity index is 580. The molecule has 1 heterocycles. The Morgan fingerprint density at radius 1 is 1.30 bits per heavy atom. The Kier molecular flexibility index (Phi) is 11.8. The number of nitrogens with one attached hydrogen (secondary N) is 1. The summed E-state index contributed by atoms with van der Waals surface area (Å²) < 4.78 is 5.46. The quantitative estimate of drug-likeness (QED) is 0.193. The van der Waals surface area contributed by atoms with Gasteiger partial charge in [-0.15, -0.1) is 35.7 Å². The summed E-state index contributed by atoms with van der Waals surface area (Å²) in [6.07, 6.45) is 1.08. The van der Waals surface area contributed by atoms with E-state index >= 15 is 0 Å². The van der Waals surface area contributed by atoms with E-state index in [9.17, 15) is 4.79 Å². The zero-order chi connectivity index (χ0) is 18.8. The Hall–Kier alpha value is -1.000. The van der Waals surface area contributed by atoms with E-state index in [-0.39, 0.29) is 36.4 Å². The highest BCUT2D eigenvalue weighted by Gasteiger charge is 2.19. The minimum absolute atomic E-state index is 0. The van der Waals surface area contributed by atoms with Gasteiger partial charge in [-0.1, -0.05) is 18.2 Å². The van der Waals surface area contributed by atoms with Crippen LogP contribution in [0.1, 0.15) is 6.42 Å². The van der Waals surface area contributed by atoms with Gasteiger partial charge in [-0.25, -0.2) is 4.99 Å². The molecule has 1 atom stereocenters. The minimum Gasteiger partial charge on any atom is -0.381 e. The maximum Gasteiger partial charge on any atom is 0.243 e. The summed E-state index contributed by atoms with van der Waals surface area (Å²) >= 11 is 1.81. The van der Waals surface area contributed by atoms with Gasteiger partial charge in [-0.05, 0) is 18.6 Å². The molecule has 1 N–H and O–H groups in total. The minimum atomic E-state index is 0. The summed E-state index contributed by atoms with van der Waals surface area (Å²) in [6, 6.07) is 10.3. The molecule has 0 radical (unpaired) electrons. The van der Waals surface area contributed by atoms with Crippen molar-refractivity contribution in [2.45, 2.75) is 11.3 Å². The Morgan fingerprint density at radius 2 is 2.04 bits per heavy atom. The molecule has 1 aromatic carbocycles. The van der Waals surface area contributed by atoms with Gasteiger partial charge < -0.3 is 19.9 Å². The number of rotatable bonds is 8. The summed E-state index contributed by atoms with van der Waals surface area (Å²) in [4.78, 5) is 21.3. The number of likely N-dealkylation sites (N-methyl/N-ethyl adjacent to an activating group) is 1. The molecule has 1 aliphatic heterocycles. The topological polar surface area (TPSA) is 57.2 Å². The Morgan fingerprint density at radius 3 is 2.67 bits per heavy atom. The largest absolute Gasteiger partial charge is 0.381 e. The molecule has 1 amide bonds. The van der Waals surface area contributed by atoms with Crippen molar-refractivity contribution >= 4 is 47.6 Å². The van der Waals surface area contributed by atoms with Crippen LogP contribution < -0.4 is 5.32 Å². The Labute approximate surface area is 184 Å². The first-order valence-electron chi connectivity index (χ1n) is 9.01. The molecule has 1 fully saturated rings. The lowest BCUT2D eigenvalue weighted by Crippen LogP contribution is -2.43. The maximum atomic E-state index is 11.9. The van der Waals surface area contributed by atoms with E-state index in [0.717, 1.165) is 44.4 Å². The van der Waals surface area contributed by atoms with Gasteiger partial charge >= 0.3 is 0 Å². The molecule has 1 saturated heterocycles. The van der Waals surface area contributed by atoms with Gasteiger partial charge in [-0.3, -0.25) is 4.79 Å². The fourth-order valence-electron chi connectivity index (χ4n) is 2.65. The van der Waals surface area contributed by atoms with Gasteiger partial charge in [0.2, 0.25) is 5.91 Å². The van der Waals surface area contributed by atoms with E-state index in [1.54, 1.807) is 30.8 Å². The Balaban J connectivity index is 0.00000364. The number of carbonyl (C=O) groups excluding carboxylic acids is 1. The van der Waals surface area contributed by atoms with Gasteiger partial charge in [-0.2, -0.15) is 0 Å². The van der Waals surface area contributed by atoms with Crippen LogP contribution in [0.5, 0.6) is 0 Å². The fraction of sp³-hybridized carbons (Fsp3) is 0.579. The molecule has 0 aliphatic carbocycles. The number of benzene rings is 1. The zero-order valence-electron chi connectivity index (χ0n) is 16.4. The first-order chi connectivity index (χ1) is 12.6. The lowest BCUT2D eigenvalue weighted by atomic mass is 10.1. The van der Waals surface area contributed by atoms with Crippen LogP contribution in [0.15, 0.2) is 40.2 Å². The van der Waals surface area contributed by atoms with Crippen LogP contribution in [-0.4, -0.2) is 81.4 Å². The van der Waals surface area contributed by atoms with Crippen molar-refractivity contribution in [3.8, 4) is 0 Å². The first-order valence-corrected chi connectivity index (χ1v) is 10.00. The van der Waals surface area contributed by atoms with E-state index in [2.05, 4.69) is 27.3 Å². The average Bonchev–Trinajstić information content (AvgIpc) is 3.14. The van der Waals surface area contributed by atoms with Crippen molar-refractivity contribution in [3.05, 3.63) is 30.3 Å². The summed E-state index contributed by atoms with van der Waals surface area (Å²) in [7, 11) is 5.52. The van der Waals surface area contributed by atoms with Crippen LogP contribution in [0.2, 0.25) is 0 Å². The molecule has 1 aromatic rings. The van der Waals surface area contributed by atoms with Gasteiger partial charge in [0.05, 0.1) is 6.61 Å². The van der Waals surface area contributed by atoms with Gasteiger partial charge in [0.15, 0.2) is 5.96 Å². The number of ether oxygens (including phenoxy) is 1. The van der Waals surface area contributed by atoms with Crippen molar-refractivity contribution in [1.29, 1.82) is 0 Å². The van der Waals surface area contributed by atoms with Crippen molar-refractivity contribution in [1.82, 2.24) is 15.1 Å². The number of carbonyl (C=O) groups is 1. The number of thioether (sulfide) groups is 1. The van der Waals surface area contributed by atoms with Gasteiger partial charge in [0.1, 0.15) is 6.54 Å². The molecule has 8 heteroatoms. The van der Waals surface area contributed by atoms with Crippen LogP contribution in [0.4, 0.5) is 0 Å². The van der Waals surface area contributed by atoms with Crippen molar-refractivity contribution in [2.75, 3.05) is 59.7 Å². The molecule has 6 nitrogen and oxygen atoms in total. The summed E-state index contributed by atoms with van der Waals surface area (Å²) in [6.45, 7) is 3.48. The van der Waals surface area contributed by atoms with Crippen molar-refractivity contribution < 1.29 is 9.53 Å². The second-order valence-corrected chi connectivity index (χ2v) is 7.79. The molecule has 0 spiro atoms. The smallest absolute Gasteiger partial charge is 0.243 e. The number of guanidine groups is 1. The maximum absolute atomic E-state index is 11.9. The standard InChI is InChI=1S/C19H30N4O2S.HI/c1-22(2)18(24)13-21-19(23(3)14-16-9-11-25-15-16)20-10-12-26-17-7-5-4-6-8-17;/h4-8,16H,9-15H2,1-3H3,(H,20,21);1H. The molecule has 152 valence electrons. The SMILES string of the molecule is CN(C)C(=O)CN=C(NCCSc1ccccc1)N(C)CC1CCOC1.I. The molecular formula is C19H31IN4O2S. The third-order valence-electron chi connectivity index (χ3n) is 4.18. The lowest BCUT2D eigenvalue weighted by molar-refractivity contribution is -0.127. The lowest BCUT2D eigenvalue weighted by Gasteiger charge is -2.25. The third kappa shape index (κ3) is 9.16. The molecule has 0 saturated carbocycles. The number of halogens is 1. The third-order valence-corrected chi connectivity index (χ3v) is 5.19. The molecular weight excluding hydrogens is 475 g/mol. The van der Waals surface area contributed by atoms with E-state index in [0.29, 0.717) is 5.92 Å². The van der Waals surface area contributed by atoms with Crippen LogP contribution in [0.3, 0.4) is 0 Å². The van der Waals surface area contributed by atoms with Crippen molar-refractivity contribution in [2.24, 2.45) is 10.9 Å². The molecule has 1 unspecified atom stereocenters. The number of amides is 1. The highest BCUT2D eigenvalue weighted by Crippen LogP contribution is 2.16. The predicted octanol–water partition coefficient (Wildman–Crippen LogP) is 2.40. The summed E-state index contributed by atoms with van der Waals surface area (Å²) in [5, 5.41) is 3.40. The predicted molar refractivity (Wildman–Crippen MR) is 123 cm³/mol. The molecule has 2 rings (SSSR count). The van der Waals surface area contributed by atoms with Gasteiger partial charge in [0.25, 0.3) is 0 Å². The number of aliphatic imine (C=N–C) groups is 1. The van der Waals surface area contributed by atoms with E-state index in [1.807, 2.05) is 25.2 Å². The highest BCUT2D eigenvalue weighted by molar-refractivity contribution is 14.0. The first kappa shape index (κ1) is 24.0. The van der Waals surface area contributed by atoms with Gasteiger partial charge in [0, 0.05) is 57.4 Å².